The maximum Gasteiger partial charge on any atom is 0.319 e. The van der Waals surface area contributed by atoms with Crippen LogP contribution in [0.4, 0.5) is 4.39 Å². The second-order valence-electron chi connectivity index (χ2n) is 3.73. The van der Waals surface area contributed by atoms with Crippen LogP contribution in [-0.2, 0) is 10.5 Å². The maximum atomic E-state index is 12.8. The molecule has 0 saturated carbocycles. The highest BCUT2D eigenvalue weighted by Crippen LogP contribution is 2.28. The van der Waals surface area contributed by atoms with Crippen LogP contribution in [0.3, 0.4) is 0 Å². The highest BCUT2D eigenvalue weighted by molar-refractivity contribution is 8.00. The van der Waals surface area contributed by atoms with Gasteiger partial charge in [-0.1, -0.05) is 12.1 Å². The quantitative estimate of drug-likeness (QED) is 0.861. The predicted molar refractivity (Wildman–Crippen MR) is 59.4 cm³/mol. The molecule has 0 aliphatic heterocycles. The third kappa shape index (κ3) is 3.55. The van der Waals surface area contributed by atoms with Crippen molar-refractivity contribution in [1.29, 1.82) is 0 Å². The van der Waals surface area contributed by atoms with Crippen LogP contribution in [0.2, 0.25) is 0 Å². The van der Waals surface area contributed by atoms with Gasteiger partial charge in [0.25, 0.3) is 0 Å². The first-order valence-corrected chi connectivity index (χ1v) is 5.52. The van der Waals surface area contributed by atoms with E-state index in [0.29, 0.717) is 5.75 Å². The van der Waals surface area contributed by atoms with Crippen LogP contribution in [0, 0.1) is 5.82 Å². The molecule has 0 aliphatic carbocycles. The van der Waals surface area contributed by atoms with Crippen LogP contribution in [0.1, 0.15) is 19.4 Å². The summed E-state index contributed by atoms with van der Waals surface area (Å²) in [5, 5.41) is 8.88. The molecule has 1 aromatic carbocycles. The Morgan fingerprint density at radius 3 is 2.73 bits per heavy atom. The summed E-state index contributed by atoms with van der Waals surface area (Å²) in [5.74, 6) is -0.651. The molecule has 1 N–H and O–H groups in total. The third-order valence-electron chi connectivity index (χ3n) is 2.00. The lowest BCUT2D eigenvalue weighted by Gasteiger charge is -2.18. The minimum Gasteiger partial charge on any atom is -0.480 e. The number of carboxylic acid groups (broad SMARTS) is 1. The molecule has 0 spiro atoms. The molecule has 82 valence electrons. The van der Waals surface area contributed by atoms with Gasteiger partial charge in [-0.2, -0.15) is 0 Å². The molecule has 0 atom stereocenters. The van der Waals surface area contributed by atoms with Crippen LogP contribution in [0.5, 0.6) is 0 Å². The van der Waals surface area contributed by atoms with Crippen molar-refractivity contribution in [3.63, 3.8) is 0 Å². The average molecular weight is 228 g/mol. The molecule has 0 heterocycles. The molecule has 15 heavy (non-hydrogen) atoms. The summed E-state index contributed by atoms with van der Waals surface area (Å²) >= 11 is 1.28. The van der Waals surface area contributed by atoms with Gasteiger partial charge in [-0.15, -0.1) is 11.8 Å². The van der Waals surface area contributed by atoms with Gasteiger partial charge < -0.3 is 5.11 Å². The number of benzene rings is 1. The van der Waals surface area contributed by atoms with Crippen molar-refractivity contribution in [2.75, 3.05) is 0 Å². The number of carbonyl (C=O) groups is 1. The van der Waals surface area contributed by atoms with E-state index >= 15 is 0 Å². The van der Waals surface area contributed by atoms with E-state index in [0.717, 1.165) is 5.56 Å². The Morgan fingerprint density at radius 2 is 2.20 bits per heavy atom. The van der Waals surface area contributed by atoms with Crippen LogP contribution in [0.15, 0.2) is 24.3 Å². The monoisotopic (exact) mass is 228 g/mol. The number of thioether (sulfide) groups is 1. The molecule has 0 aliphatic rings. The van der Waals surface area contributed by atoms with Crippen molar-refractivity contribution in [1.82, 2.24) is 0 Å². The lowest BCUT2D eigenvalue weighted by molar-refractivity contribution is -0.138. The third-order valence-corrected chi connectivity index (χ3v) is 3.38. The van der Waals surface area contributed by atoms with Crippen molar-refractivity contribution >= 4 is 17.7 Å². The van der Waals surface area contributed by atoms with Gasteiger partial charge in [-0.3, -0.25) is 4.79 Å². The molecule has 0 aromatic heterocycles. The molecular weight excluding hydrogens is 215 g/mol. The first-order chi connectivity index (χ1) is 6.92. The van der Waals surface area contributed by atoms with Crippen molar-refractivity contribution in [2.45, 2.75) is 24.3 Å². The lowest BCUT2D eigenvalue weighted by atomic mass is 10.2. The van der Waals surface area contributed by atoms with Crippen molar-refractivity contribution in [3.05, 3.63) is 35.6 Å². The Bertz CT molecular complexity index is 363. The van der Waals surface area contributed by atoms with Crippen LogP contribution < -0.4 is 0 Å². The van der Waals surface area contributed by atoms with Gasteiger partial charge in [0.05, 0.1) is 0 Å². The molecule has 0 fully saturated rings. The topological polar surface area (TPSA) is 37.3 Å². The van der Waals surface area contributed by atoms with Gasteiger partial charge in [0.2, 0.25) is 0 Å². The first-order valence-electron chi connectivity index (χ1n) is 4.53. The molecule has 2 nitrogen and oxygen atoms in total. The van der Waals surface area contributed by atoms with Gasteiger partial charge in [0, 0.05) is 5.75 Å². The van der Waals surface area contributed by atoms with E-state index in [1.165, 1.54) is 23.9 Å². The molecule has 0 unspecified atom stereocenters. The largest absolute Gasteiger partial charge is 0.480 e. The van der Waals surface area contributed by atoms with Crippen molar-refractivity contribution in [2.24, 2.45) is 0 Å². The molecule has 0 saturated heterocycles. The summed E-state index contributed by atoms with van der Waals surface area (Å²) in [7, 11) is 0. The highest BCUT2D eigenvalue weighted by Gasteiger charge is 2.27. The zero-order valence-electron chi connectivity index (χ0n) is 8.66. The highest BCUT2D eigenvalue weighted by atomic mass is 32.2. The zero-order chi connectivity index (χ0) is 11.5. The maximum absolute atomic E-state index is 12.8. The van der Waals surface area contributed by atoms with Crippen molar-refractivity contribution in [3.8, 4) is 0 Å². The molecule has 1 rings (SSSR count). The number of hydrogen-bond acceptors (Lipinski definition) is 2. The van der Waals surface area contributed by atoms with Gasteiger partial charge in [0.1, 0.15) is 10.6 Å². The van der Waals surface area contributed by atoms with Crippen molar-refractivity contribution < 1.29 is 14.3 Å². The van der Waals surface area contributed by atoms with Gasteiger partial charge in [0.15, 0.2) is 0 Å². The fraction of sp³-hybridized carbons (Fsp3) is 0.364. The minimum absolute atomic E-state index is 0.291. The summed E-state index contributed by atoms with van der Waals surface area (Å²) in [6.07, 6.45) is 0. The second kappa shape index (κ2) is 4.66. The zero-order valence-corrected chi connectivity index (χ0v) is 9.47. The van der Waals surface area contributed by atoms with Crippen LogP contribution >= 0.6 is 11.8 Å². The standard InChI is InChI=1S/C11H13FO2S/c1-11(2,10(13)14)15-7-8-4-3-5-9(12)6-8/h3-6H,7H2,1-2H3,(H,13,14). The summed E-state index contributed by atoms with van der Waals surface area (Å²) < 4.78 is 12.0. The van der Waals surface area contributed by atoms with E-state index in [9.17, 15) is 9.18 Å². The van der Waals surface area contributed by atoms with E-state index in [1.807, 2.05) is 0 Å². The lowest BCUT2D eigenvalue weighted by Crippen LogP contribution is -2.27. The van der Waals surface area contributed by atoms with E-state index in [2.05, 4.69) is 0 Å². The molecule has 0 amide bonds. The second-order valence-corrected chi connectivity index (χ2v) is 5.33. The molecule has 4 heteroatoms. The van der Waals surface area contributed by atoms with E-state index in [-0.39, 0.29) is 5.82 Å². The van der Waals surface area contributed by atoms with Crippen LogP contribution in [-0.4, -0.2) is 15.8 Å². The summed E-state index contributed by atoms with van der Waals surface area (Å²) in [5.41, 5.74) is 0.800. The minimum atomic E-state index is -0.857. The number of aliphatic carboxylic acids is 1. The molecule has 0 bridgehead atoms. The van der Waals surface area contributed by atoms with Crippen LogP contribution in [0.25, 0.3) is 0 Å². The smallest absolute Gasteiger partial charge is 0.319 e. The average Bonchev–Trinajstić information content (AvgIpc) is 2.15. The molecule has 0 radical (unpaired) electrons. The van der Waals surface area contributed by atoms with Gasteiger partial charge in [-0.25, -0.2) is 4.39 Å². The Labute approximate surface area is 92.5 Å². The first kappa shape index (κ1) is 12.0. The molecule has 1 aromatic rings. The summed E-state index contributed by atoms with van der Waals surface area (Å²) in [4.78, 5) is 10.8. The SMILES string of the molecule is CC(C)(SCc1cccc(F)c1)C(=O)O. The number of halogens is 1. The summed E-state index contributed by atoms with van der Waals surface area (Å²) in [6, 6.07) is 6.20. The van der Waals surface area contributed by atoms with E-state index < -0.39 is 10.7 Å². The molecular formula is C11H13FO2S. The van der Waals surface area contributed by atoms with E-state index in [1.54, 1.807) is 26.0 Å². The Kier molecular flexibility index (Phi) is 3.74. The van der Waals surface area contributed by atoms with Gasteiger partial charge >= 0.3 is 5.97 Å². The van der Waals surface area contributed by atoms with Gasteiger partial charge in [-0.05, 0) is 31.5 Å². The Hall–Kier alpha value is -1.03. The predicted octanol–water partition coefficient (Wildman–Crippen LogP) is 2.92. The number of carboxylic acids is 1. The number of hydrogen-bond donors (Lipinski definition) is 1. The Morgan fingerprint density at radius 1 is 1.53 bits per heavy atom. The fourth-order valence-electron chi connectivity index (χ4n) is 0.952. The van der Waals surface area contributed by atoms with E-state index in [4.69, 9.17) is 5.11 Å². The normalized spacial score (nSPS) is 11.4. The summed E-state index contributed by atoms with van der Waals surface area (Å²) in [6.45, 7) is 3.28. The number of rotatable bonds is 4. The fourth-order valence-corrected chi connectivity index (χ4v) is 1.78. The Balaban J connectivity index is 2.61.